The number of nitrogens with zero attached hydrogens (tertiary/aromatic N) is 2. The number of carbonyl (C=O) groups excluding carboxylic acids is 2. The molecule has 0 aliphatic heterocycles. The van der Waals surface area contributed by atoms with Gasteiger partial charge in [0.1, 0.15) is 0 Å². The molecule has 0 radical (unpaired) electrons. The van der Waals surface area contributed by atoms with Crippen LogP contribution in [0.4, 0.5) is 16.2 Å². The molecule has 6 nitrogen and oxygen atoms in total. The molecule has 0 unspecified atom stereocenters. The molecule has 0 saturated heterocycles. The molecule has 3 amide bonds. The van der Waals surface area contributed by atoms with Crippen molar-refractivity contribution in [2.75, 3.05) is 30.9 Å². The molecule has 0 spiro atoms. The second kappa shape index (κ2) is 11.0. The Labute approximate surface area is 184 Å². The smallest absolute Gasteiger partial charge is 0.319 e. The Balaban J connectivity index is 2.25. The molecule has 1 aromatic carbocycles. The number of benzene rings is 1. The van der Waals surface area contributed by atoms with Crippen LogP contribution in [-0.2, 0) is 17.8 Å². The van der Waals surface area contributed by atoms with Gasteiger partial charge in [0.25, 0.3) is 0 Å². The van der Waals surface area contributed by atoms with Crippen LogP contribution in [0, 0.1) is 5.92 Å². The first-order valence-corrected chi connectivity index (χ1v) is 11.2. The molecule has 1 aromatic heterocycles. The van der Waals surface area contributed by atoms with Gasteiger partial charge in [0, 0.05) is 49.5 Å². The van der Waals surface area contributed by atoms with Crippen molar-refractivity contribution in [3.63, 3.8) is 0 Å². The molecule has 1 heterocycles. The summed E-state index contributed by atoms with van der Waals surface area (Å²) in [6, 6.07) is 9.63. The number of anilines is 2. The molecule has 0 atom stereocenters. The molecule has 164 valence electrons. The van der Waals surface area contributed by atoms with Crippen LogP contribution < -0.4 is 15.5 Å². The Kier molecular flexibility index (Phi) is 8.72. The van der Waals surface area contributed by atoms with Gasteiger partial charge in [0.2, 0.25) is 5.91 Å². The van der Waals surface area contributed by atoms with E-state index in [1.54, 1.807) is 11.3 Å². The molecule has 0 bridgehead atoms. The number of carbonyl (C=O) groups is 2. The number of hydrogen-bond acceptors (Lipinski definition) is 4. The van der Waals surface area contributed by atoms with Crippen molar-refractivity contribution in [3.05, 3.63) is 46.2 Å². The van der Waals surface area contributed by atoms with Gasteiger partial charge in [0.05, 0.1) is 6.42 Å². The predicted molar refractivity (Wildman–Crippen MR) is 126 cm³/mol. The number of amides is 3. The lowest BCUT2D eigenvalue weighted by molar-refractivity contribution is -0.131. The van der Waals surface area contributed by atoms with E-state index in [-0.39, 0.29) is 18.0 Å². The van der Waals surface area contributed by atoms with Gasteiger partial charge >= 0.3 is 6.03 Å². The molecule has 2 aromatic rings. The van der Waals surface area contributed by atoms with Crippen LogP contribution in [0.25, 0.3) is 0 Å². The summed E-state index contributed by atoms with van der Waals surface area (Å²) in [7, 11) is 3.97. The fourth-order valence-corrected chi connectivity index (χ4v) is 3.93. The minimum atomic E-state index is -0.235. The minimum Gasteiger partial charge on any atom is -0.377 e. The van der Waals surface area contributed by atoms with Gasteiger partial charge in [-0.05, 0) is 55.0 Å². The molecule has 0 saturated carbocycles. The molecule has 0 fully saturated rings. The summed E-state index contributed by atoms with van der Waals surface area (Å²) in [4.78, 5) is 30.2. The zero-order valence-corrected chi connectivity index (χ0v) is 19.7. The minimum absolute atomic E-state index is 0.0573. The third-order valence-electron chi connectivity index (χ3n) is 4.44. The van der Waals surface area contributed by atoms with Gasteiger partial charge in [0.15, 0.2) is 0 Å². The summed E-state index contributed by atoms with van der Waals surface area (Å²) >= 11 is 1.61. The lowest BCUT2D eigenvalue weighted by Gasteiger charge is -2.27. The van der Waals surface area contributed by atoms with E-state index < -0.39 is 0 Å². The zero-order chi connectivity index (χ0) is 22.3. The van der Waals surface area contributed by atoms with Crippen LogP contribution in [-0.4, -0.2) is 43.5 Å². The number of thiophene rings is 1. The first-order valence-electron chi connectivity index (χ1n) is 10.3. The topological polar surface area (TPSA) is 64.7 Å². The SMILES string of the molecule is CC(C)CN(Cc1cc(NC(=O)NC(C)C)ccc1N(C)C)C(=O)Cc1cccs1. The monoisotopic (exact) mass is 430 g/mol. The van der Waals surface area contributed by atoms with E-state index in [1.165, 1.54) is 0 Å². The Bertz CT molecular complexity index is 832. The van der Waals surface area contributed by atoms with E-state index in [0.717, 1.165) is 16.1 Å². The van der Waals surface area contributed by atoms with Crippen molar-refractivity contribution in [2.24, 2.45) is 5.92 Å². The number of hydrogen-bond donors (Lipinski definition) is 2. The Morgan fingerprint density at radius 1 is 1.10 bits per heavy atom. The normalized spacial score (nSPS) is 10.9. The van der Waals surface area contributed by atoms with Gasteiger partial charge in [-0.3, -0.25) is 4.79 Å². The molecular formula is C23H34N4O2S. The van der Waals surface area contributed by atoms with E-state index in [4.69, 9.17) is 0 Å². The van der Waals surface area contributed by atoms with Crippen LogP contribution in [0.3, 0.4) is 0 Å². The van der Waals surface area contributed by atoms with Crippen molar-refractivity contribution >= 4 is 34.6 Å². The Morgan fingerprint density at radius 2 is 1.83 bits per heavy atom. The predicted octanol–water partition coefficient (Wildman–Crippen LogP) is 4.57. The summed E-state index contributed by atoms with van der Waals surface area (Å²) < 4.78 is 0. The van der Waals surface area contributed by atoms with Crippen LogP contribution in [0.5, 0.6) is 0 Å². The quantitative estimate of drug-likeness (QED) is 0.612. The highest BCUT2D eigenvalue weighted by atomic mass is 32.1. The number of nitrogens with one attached hydrogen (secondary N) is 2. The molecule has 2 rings (SSSR count). The van der Waals surface area contributed by atoms with E-state index in [0.29, 0.717) is 31.1 Å². The second-order valence-corrected chi connectivity index (χ2v) is 9.45. The van der Waals surface area contributed by atoms with Crippen molar-refractivity contribution in [2.45, 2.75) is 46.7 Å². The molecule has 0 aliphatic rings. The maximum absolute atomic E-state index is 13.1. The summed E-state index contributed by atoms with van der Waals surface area (Å²) in [5.41, 5.74) is 2.74. The lowest BCUT2D eigenvalue weighted by atomic mass is 10.1. The van der Waals surface area contributed by atoms with Crippen molar-refractivity contribution in [3.8, 4) is 0 Å². The Morgan fingerprint density at radius 3 is 2.40 bits per heavy atom. The highest BCUT2D eigenvalue weighted by Crippen LogP contribution is 2.25. The first kappa shape index (κ1) is 23.7. The van der Waals surface area contributed by atoms with Crippen LogP contribution in [0.2, 0.25) is 0 Å². The van der Waals surface area contributed by atoms with Gasteiger partial charge < -0.3 is 20.4 Å². The largest absolute Gasteiger partial charge is 0.377 e. The maximum atomic E-state index is 13.1. The molecule has 0 aliphatic carbocycles. The fourth-order valence-electron chi connectivity index (χ4n) is 3.23. The van der Waals surface area contributed by atoms with E-state index >= 15 is 0 Å². The maximum Gasteiger partial charge on any atom is 0.319 e. The molecule has 2 N–H and O–H groups in total. The average molecular weight is 431 g/mol. The van der Waals surface area contributed by atoms with Crippen LogP contribution >= 0.6 is 11.3 Å². The third kappa shape index (κ3) is 7.37. The first-order chi connectivity index (χ1) is 14.2. The summed E-state index contributed by atoms with van der Waals surface area (Å²) in [6.07, 6.45) is 0.413. The average Bonchev–Trinajstić information content (AvgIpc) is 3.12. The van der Waals surface area contributed by atoms with Gasteiger partial charge in [-0.2, -0.15) is 0 Å². The van der Waals surface area contributed by atoms with Crippen molar-refractivity contribution in [1.82, 2.24) is 10.2 Å². The van der Waals surface area contributed by atoms with E-state index in [2.05, 4.69) is 24.5 Å². The molecular weight excluding hydrogens is 396 g/mol. The highest BCUT2D eigenvalue weighted by Gasteiger charge is 2.19. The number of urea groups is 1. The van der Waals surface area contributed by atoms with Gasteiger partial charge in [-0.1, -0.05) is 19.9 Å². The van der Waals surface area contributed by atoms with E-state index in [1.807, 2.05) is 73.5 Å². The van der Waals surface area contributed by atoms with Crippen molar-refractivity contribution in [1.29, 1.82) is 0 Å². The summed E-state index contributed by atoms with van der Waals surface area (Å²) in [5, 5.41) is 7.72. The summed E-state index contributed by atoms with van der Waals surface area (Å²) in [5.74, 6) is 0.477. The molecule has 7 heteroatoms. The summed E-state index contributed by atoms with van der Waals surface area (Å²) in [6.45, 7) is 9.26. The van der Waals surface area contributed by atoms with Crippen LogP contribution in [0.1, 0.15) is 38.1 Å². The number of rotatable bonds is 9. The van der Waals surface area contributed by atoms with Crippen molar-refractivity contribution < 1.29 is 9.59 Å². The fraction of sp³-hybridized carbons (Fsp3) is 0.478. The van der Waals surface area contributed by atoms with Gasteiger partial charge in [-0.25, -0.2) is 4.79 Å². The lowest BCUT2D eigenvalue weighted by Crippen LogP contribution is -2.35. The highest BCUT2D eigenvalue weighted by molar-refractivity contribution is 7.10. The van der Waals surface area contributed by atoms with E-state index in [9.17, 15) is 9.59 Å². The van der Waals surface area contributed by atoms with Crippen LogP contribution in [0.15, 0.2) is 35.7 Å². The standard InChI is InChI=1S/C23H34N4O2S/c1-16(2)14-27(22(28)13-20-8-7-11-30-20)15-18-12-19(9-10-21(18)26(5)6)25-23(29)24-17(3)4/h7-12,16-17H,13-15H2,1-6H3,(H2,24,25,29). The third-order valence-corrected chi connectivity index (χ3v) is 5.32. The zero-order valence-electron chi connectivity index (χ0n) is 18.9. The molecule has 30 heavy (non-hydrogen) atoms. The second-order valence-electron chi connectivity index (χ2n) is 8.42. The van der Waals surface area contributed by atoms with Gasteiger partial charge in [-0.15, -0.1) is 11.3 Å². The Hall–Kier alpha value is -2.54.